The molecular weight excluding hydrogens is 201 g/mol. The van der Waals surface area contributed by atoms with E-state index in [9.17, 15) is 13.2 Å². The van der Waals surface area contributed by atoms with Gasteiger partial charge in [0.1, 0.15) is 0 Å². The number of aliphatic carboxylic acids is 1. The number of hydrogen-bond donors (Lipinski definition) is 1. The number of alkyl halides is 3. The molecule has 0 aromatic rings. The van der Waals surface area contributed by atoms with Gasteiger partial charge in [-0.15, -0.1) is 0 Å². The lowest BCUT2D eigenvalue weighted by molar-refractivity contribution is -0.192. The van der Waals surface area contributed by atoms with Crippen molar-refractivity contribution in [1.29, 1.82) is 5.26 Å². The zero-order valence-electron chi connectivity index (χ0n) is 7.21. The Morgan fingerprint density at radius 3 is 1.86 bits per heavy atom. The molecule has 0 radical (unpaired) electrons. The first-order chi connectivity index (χ1) is 6.38. The first kappa shape index (κ1) is 12.6. The molecule has 14 heavy (non-hydrogen) atoms. The van der Waals surface area contributed by atoms with Crippen LogP contribution in [0.5, 0.6) is 0 Å². The smallest absolute Gasteiger partial charge is 0.475 e. The van der Waals surface area contributed by atoms with Crippen molar-refractivity contribution in [3.8, 4) is 6.19 Å². The van der Waals surface area contributed by atoms with Crippen LogP contribution in [0.4, 0.5) is 13.2 Å². The molecule has 1 N–H and O–H groups in total. The number of carboxylic acids is 1. The van der Waals surface area contributed by atoms with Crippen LogP contribution in [0.1, 0.15) is 12.8 Å². The van der Waals surface area contributed by atoms with Gasteiger partial charge in [0.25, 0.3) is 0 Å². The van der Waals surface area contributed by atoms with E-state index in [0.717, 1.165) is 13.1 Å². The number of rotatable bonds is 0. The maximum Gasteiger partial charge on any atom is 0.490 e. The van der Waals surface area contributed by atoms with E-state index in [-0.39, 0.29) is 0 Å². The van der Waals surface area contributed by atoms with Gasteiger partial charge in [-0.05, 0) is 12.8 Å². The van der Waals surface area contributed by atoms with Crippen LogP contribution in [0, 0.1) is 11.5 Å². The number of nitrogens with zero attached hydrogens (tertiary/aromatic N) is 2. The maximum absolute atomic E-state index is 10.6. The predicted octanol–water partition coefficient (Wildman–Crippen LogP) is 1.20. The molecule has 1 fully saturated rings. The summed E-state index contributed by atoms with van der Waals surface area (Å²) in [6.45, 7) is 1.97. The summed E-state index contributed by atoms with van der Waals surface area (Å²) in [5.74, 6) is -2.76. The van der Waals surface area contributed by atoms with Crippen LogP contribution in [-0.4, -0.2) is 35.2 Å². The van der Waals surface area contributed by atoms with Crippen molar-refractivity contribution in [3.05, 3.63) is 0 Å². The topological polar surface area (TPSA) is 64.3 Å². The summed E-state index contributed by atoms with van der Waals surface area (Å²) >= 11 is 0. The van der Waals surface area contributed by atoms with Crippen molar-refractivity contribution in [2.45, 2.75) is 19.0 Å². The van der Waals surface area contributed by atoms with E-state index in [1.807, 2.05) is 0 Å². The molecule has 0 bridgehead atoms. The number of likely N-dealkylation sites (tertiary alicyclic amines) is 1. The molecule has 80 valence electrons. The molecule has 0 aromatic heterocycles. The van der Waals surface area contributed by atoms with E-state index in [1.165, 1.54) is 12.8 Å². The van der Waals surface area contributed by atoms with Gasteiger partial charge in [0.15, 0.2) is 6.19 Å². The quantitative estimate of drug-likeness (QED) is 0.610. The summed E-state index contributed by atoms with van der Waals surface area (Å²) in [6.07, 6.45) is -0.582. The molecule has 1 rings (SSSR count). The van der Waals surface area contributed by atoms with Crippen molar-refractivity contribution in [2.75, 3.05) is 13.1 Å². The number of carbonyl (C=O) groups is 1. The molecule has 1 aliphatic heterocycles. The average Bonchev–Trinajstić information content (AvgIpc) is 2.54. The SMILES string of the molecule is N#CN1CCCC1.O=C(O)C(F)(F)F. The van der Waals surface area contributed by atoms with Crippen LogP contribution < -0.4 is 0 Å². The Morgan fingerprint density at radius 1 is 1.36 bits per heavy atom. The van der Waals surface area contributed by atoms with Gasteiger partial charge in [0, 0.05) is 13.1 Å². The molecule has 0 saturated carbocycles. The van der Waals surface area contributed by atoms with Crippen LogP contribution in [0.25, 0.3) is 0 Å². The highest BCUT2D eigenvalue weighted by molar-refractivity contribution is 5.73. The minimum Gasteiger partial charge on any atom is -0.475 e. The van der Waals surface area contributed by atoms with E-state index < -0.39 is 12.1 Å². The van der Waals surface area contributed by atoms with Crippen LogP contribution in [0.2, 0.25) is 0 Å². The molecule has 0 spiro atoms. The Balaban J connectivity index is 0.000000241. The number of carboxylic acid groups (broad SMARTS) is 1. The maximum atomic E-state index is 10.6. The normalized spacial score (nSPS) is 15.4. The fourth-order valence-corrected chi connectivity index (χ4v) is 0.817. The van der Waals surface area contributed by atoms with Gasteiger partial charge < -0.3 is 10.0 Å². The molecule has 7 heteroatoms. The number of nitriles is 1. The Morgan fingerprint density at radius 2 is 1.71 bits per heavy atom. The van der Waals surface area contributed by atoms with E-state index in [4.69, 9.17) is 15.2 Å². The minimum atomic E-state index is -5.08. The van der Waals surface area contributed by atoms with Crippen molar-refractivity contribution < 1.29 is 23.1 Å². The summed E-state index contributed by atoms with van der Waals surface area (Å²) in [5.41, 5.74) is 0. The zero-order valence-corrected chi connectivity index (χ0v) is 7.21. The summed E-state index contributed by atoms with van der Waals surface area (Å²) in [7, 11) is 0. The molecule has 0 amide bonds. The van der Waals surface area contributed by atoms with Crippen molar-refractivity contribution >= 4 is 5.97 Å². The molecule has 0 atom stereocenters. The molecule has 1 aliphatic rings. The van der Waals surface area contributed by atoms with Crippen LogP contribution >= 0.6 is 0 Å². The molecule has 0 aliphatic carbocycles. The van der Waals surface area contributed by atoms with E-state index in [0.29, 0.717) is 0 Å². The minimum absolute atomic E-state index is 0.983. The zero-order chi connectivity index (χ0) is 11.2. The highest BCUT2D eigenvalue weighted by Gasteiger charge is 2.38. The van der Waals surface area contributed by atoms with E-state index in [1.54, 1.807) is 4.90 Å². The van der Waals surface area contributed by atoms with Gasteiger partial charge in [-0.25, -0.2) is 4.79 Å². The molecular formula is C7H9F3N2O2. The lowest BCUT2D eigenvalue weighted by Gasteiger charge is -2.00. The van der Waals surface area contributed by atoms with Gasteiger partial charge in [-0.2, -0.15) is 18.4 Å². The third-order valence-electron chi connectivity index (χ3n) is 1.49. The first-order valence-corrected chi connectivity index (χ1v) is 3.82. The molecule has 0 aromatic carbocycles. The molecule has 1 saturated heterocycles. The van der Waals surface area contributed by atoms with Gasteiger partial charge >= 0.3 is 12.1 Å². The standard InChI is InChI=1S/C5H8N2.C2HF3O2/c6-5-7-3-1-2-4-7;3-2(4,5)1(6)7/h1-4H2;(H,6,7). The Hall–Kier alpha value is -1.45. The summed E-state index contributed by atoms with van der Waals surface area (Å²) in [6, 6.07) is 0. The third-order valence-corrected chi connectivity index (χ3v) is 1.49. The Bertz CT molecular complexity index is 228. The van der Waals surface area contributed by atoms with Crippen LogP contribution in [0.3, 0.4) is 0 Å². The Kier molecular flexibility index (Phi) is 4.77. The van der Waals surface area contributed by atoms with Gasteiger partial charge in [-0.3, -0.25) is 0 Å². The molecule has 1 heterocycles. The third kappa shape index (κ3) is 5.24. The first-order valence-electron chi connectivity index (χ1n) is 3.82. The predicted molar refractivity (Wildman–Crippen MR) is 40.1 cm³/mol. The fraction of sp³-hybridized carbons (Fsp3) is 0.714. The highest BCUT2D eigenvalue weighted by Crippen LogP contribution is 2.13. The highest BCUT2D eigenvalue weighted by atomic mass is 19.4. The summed E-state index contributed by atoms with van der Waals surface area (Å²) in [4.78, 5) is 10.7. The van der Waals surface area contributed by atoms with Gasteiger partial charge in [0.2, 0.25) is 0 Å². The van der Waals surface area contributed by atoms with Crippen molar-refractivity contribution in [1.82, 2.24) is 4.90 Å². The van der Waals surface area contributed by atoms with Crippen LogP contribution in [0.15, 0.2) is 0 Å². The lowest BCUT2D eigenvalue weighted by Crippen LogP contribution is -2.21. The van der Waals surface area contributed by atoms with Crippen molar-refractivity contribution in [2.24, 2.45) is 0 Å². The van der Waals surface area contributed by atoms with E-state index in [2.05, 4.69) is 6.19 Å². The van der Waals surface area contributed by atoms with Gasteiger partial charge in [0.05, 0.1) is 0 Å². The number of halogens is 3. The monoisotopic (exact) mass is 210 g/mol. The largest absolute Gasteiger partial charge is 0.490 e. The summed E-state index contributed by atoms with van der Waals surface area (Å²) < 4.78 is 31.7. The fourth-order valence-electron chi connectivity index (χ4n) is 0.817. The number of hydrogen-bond acceptors (Lipinski definition) is 3. The van der Waals surface area contributed by atoms with Crippen LogP contribution in [-0.2, 0) is 4.79 Å². The molecule has 4 nitrogen and oxygen atoms in total. The second kappa shape index (κ2) is 5.32. The second-order valence-corrected chi connectivity index (χ2v) is 2.60. The van der Waals surface area contributed by atoms with E-state index >= 15 is 0 Å². The molecule has 0 unspecified atom stereocenters. The second-order valence-electron chi connectivity index (χ2n) is 2.60. The van der Waals surface area contributed by atoms with Crippen molar-refractivity contribution in [3.63, 3.8) is 0 Å². The van der Waals surface area contributed by atoms with Gasteiger partial charge in [-0.1, -0.05) is 0 Å². The summed E-state index contributed by atoms with van der Waals surface area (Å²) in [5, 5.41) is 15.4. The lowest BCUT2D eigenvalue weighted by atomic mass is 10.4. The Labute approximate surface area is 78.5 Å². The average molecular weight is 210 g/mol.